The summed E-state index contributed by atoms with van der Waals surface area (Å²) in [6.45, 7) is 0. The van der Waals surface area contributed by atoms with Gasteiger partial charge in [-0.25, -0.2) is 0 Å². The van der Waals surface area contributed by atoms with Gasteiger partial charge >= 0.3 is 0 Å². The minimum absolute atomic E-state index is 0.0715. The van der Waals surface area contributed by atoms with Crippen LogP contribution in [0.1, 0.15) is 10.4 Å². The average Bonchev–Trinajstić information content (AvgIpc) is 2.37. The Labute approximate surface area is 103 Å². The molecule has 18 heavy (non-hydrogen) atoms. The van der Waals surface area contributed by atoms with Crippen LogP contribution in [0.2, 0.25) is 0 Å². The third-order valence-electron chi connectivity index (χ3n) is 3.11. The molecule has 3 rings (SSSR count). The number of carbonyl (C=O) groups excluding carboxylic acids is 1. The van der Waals surface area contributed by atoms with Gasteiger partial charge in [0.25, 0.3) is 0 Å². The molecule has 3 aromatic carbocycles. The third kappa shape index (κ3) is 1.41. The van der Waals surface area contributed by atoms with E-state index in [2.05, 4.69) is 0 Å². The Bertz CT molecular complexity index is 775. The van der Waals surface area contributed by atoms with Crippen molar-refractivity contribution in [3.8, 4) is 11.5 Å². The first kappa shape index (κ1) is 10.6. The number of rotatable bonds is 1. The van der Waals surface area contributed by atoms with Gasteiger partial charge < -0.3 is 10.2 Å². The van der Waals surface area contributed by atoms with Gasteiger partial charge in [-0.3, -0.25) is 4.79 Å². The van der Waals surface area contributed by atoms with Gasteiger partial charge in [0.2, 0.25) is 0 Å². The lowest BCUT2D eigenvalue weighted by Gasteiger charge is -2.07. The molecule has 0 radical (unpaired) electrons. The SMILES string of the molecule is O=Cc1c(O)cc2cc3ccccc3cc2c1O. The summed E-state index contributed by atoms with van der Waals surface area (Å²) < 4.78 is 0. The van der Waals surface area contributed by atoms with Gasteiger partial charge in [0.05, 0.1) is 5.56 Å². The smallest absolute Gasteiger partial charge is 0.157 e. The van der Waals surface area contributed by atoms with Gasteiger partial charge in [-0.15, -0.1) is 0 Å². The van der Waals surface area contributed by atoms with E-state index in [9.17, 15) is 15.0 Å². The first-order valence-corrected chi connectivity index (χ1v) is 5.53. The summed E-state index contributed by atoms with van der Waals surface area (Å²) in [6.07, 6.45) is 0.458. The molecule has 0 aromatic heterocycles. The van der Waals surface area contributed by atoms with Crippen LogP contribution in [0.3, 0.4) is 0 Å². The maximum Gasteiger partial charge on any atom is 0.157 e. The maximum absolute atomic E-state index is 10.8. The minimum Gasteiger partial charge on any atom is -0.507 e. The second-order valence-corrected chi connectivity index (χ2v) is 4.20. The quantitative estimate of drug-likeness (QED) is 0.505. The number of aldehydes is 1. The van der Waals surface area contributed by atoms with Crippen molar-refractivity contribution < 1.29 is 15.0 Å². The van der Waals surface area contributed by atoms with E-state index < -0.39 is 0 Å². The van der Waals surface area contributed by atoms with Crippen LogP contribution in [-0.2, 0) is 0 Å². The summed E-state index contributed by atoms with van der Waals surface area (Å²) >= 11 is 0. The molecule has 88 valence electrons. The van der Waals surface area contributed by atoms with Gasteiger partial charge in [-0.1, -0.05) is 24.3 Å². The van der Waals surface area contributed by atoms with Crippen LogP contribution in [0.15, 0.2) is 42.5 Å². The first-order chi connectivity index (χ1) is 8.70. The molecule has 0 aliphatic carbocycles. The van der Waals surface area contributed by atoms with Crippen molar-refractivity contribution in [1.82, 2.24) is 0 Å². The van der Waals surface area contributed by atoms with Crippen molar-refractivity contribution in [1.29, 1.82) is 0 Å². The van der Waals surface area contributed by atoms with E-state index in [1.807, 2.05) is 36.4 Å². The maximum atomic E-state index is 10.8. The topological polar surface area (TPSA) is 57.5 Å². The van der Waals surface area contributed by atoms with Gasteiger partial charge in [0.15, 0.2) is 6.29 Å². The van der Waals surface area contributed by atoms with Crippen molar-refractivity contribution in [2.75, 3.05) is 0 Å². The van der Waals surface area contributed by atoms with Crippen LogP contribution in [0, 0.1) is 0 Å². The fraction of sp³-hybridized carbons (Fsp3) is 0. The van der Waals surface area contributed by atoms with Crippen LogP contribution in [-0.4, -0.2) is 16.5 Å². The summed E-state index contributed by atoms with van der Waals surface area (Å²) in [7, 11) is 0. The molecular formula is C15H10O3. The average molecular weight is 238 g/mol. The molecule has 0 heterocycles. The third-order valence-corrected chi connectivity index (χ3v) is 3.11. The zero-order valence-electron chi connectivity index (χ0n) is 9.42. The summed E-state index contributed by atoms with van der Waals surface area (Å²) in [5.41, 5.74) is -0.0715. The molecule has 0 saturated carbocycles. The fourth-order valence-corrected chi connectivity index (χ4v) is 2.19. The van der Waals surface area contributed by atoms with Crippen molar-refractivity contribution >= 4 is 27.8 Å². The van der Waals surface area contributed by atoms with E-state index in [0.29, 0.717) is 17.1 Å². The highest BCUT2D eigenvalue weighted by Gasteiger charge is 2.12. The Morgan fingerprint density at radius 1 is 0.889 bits per heavy atom. The number of fused-ring (bicyclic) bond motifs is 2. The zero-order valence-corrected chi connectivity index (χ0v) is 9.42. The number of aromatic hydroxyl groups is 2. The van der Waals surface area contributed by atoms with E-state index in [-0.39, 0.29) is 17.1 Å². The lowest BCUT2D eigenvalue weighted by atomic mass is 10.0. The van der Waals surface area contributed by atoms with Crippen LogP contribution in [0.4, 0.5) is 0 Å². The molecule has 3 heteroatoms. The Balaban J connectivity index is 2.50. The highest BCUT2D eigenvalue weighted by Crippen LogP contribution is 2.36. The summed E-state index contributed by atoms with van der Waals surface area (Å²) in [5.74, 6) is -0.379. The van der Waals surface area contributed by atoms with Crippen LogP contribution >= 0.6 is 0 Å². The molecule has 0 saturated heterocycles. The molecular weight excluding hydrogens is 228 g/mol. The number of carbonyl (C=O) groups is 1. The van der Waals surface area contributed by atoms with Gasteiger partial charge in [-0.05, 0) is 34.4 Å². The standard InChI is InChI=1S/C15H10O3/c16-8-13-14(17)7-11-5-9-3-1-2-4-10(9)6-12(11)15(13)18/h1-8,17-18H. The molecule has 0 spiro atoms. The molecule has 3 aromatic rings. The molecule has 2 N–H and O–H groups in total. The zero-order chi connectivity index (χ0) is 12.7. The van der Waals surface area contributed by atoms with E-state index in [1.54, 1.807) is 0 Å². The highest BCUT2D eigenvalue weighted by molar-refractivity contribution is 6.05. The number of hydrogen-bond donors (Lipinski definition) is 2. The first-order valence-electron chi connectivity index (χ1n) is 5.53. The van der Waals surface area contributed by atoms with Crippen molar-refractivity contribution in [3.63, 3.8) is 0 Å². The lowest BCUT2D eigenvalue weighted by molar-refractivity contribution is 0.111. The predicted molar refractivity (Wildman–Crippen MR) is 70.2 cm³/mol. The predicted octanol–water partition coefficient (Wildman–Crippen LogP) is 3.22. The molecule has 0 bridgehead atoms. The molecule has 3 nitrogen and oxygen atoms in total. The Hall–Kier alpha value is -2.55. The summed E-state index contributed by atoms with van der Waals surface area (Å²) in [4.78, 5) is 10.8. The highest BCUT2D eigenvalue weighted by atomic mass is 16.3. The summed E-state index contributed by atoms with van der Waals surface area (Å²) in [6, 6.07) is 12.9. The largest absolute Gasteiger partial charge is 0.507 e. The van der Waals surface area contributed by atoms with Gasteiger partial charge in [-0.2, -0.15) is 0 Å². The monoisotopic (exact) mass is 238 g/mol. The normalized spacial score (nSPS) is 10.9. The van der Waals surface area contributed by atoms with Gasteiger partial charge in [0, 0.05) is 5.39 Å². The molecule has 0 aliphatic rings. The molecule has 0 aliphatic heterocycles. The van der Waals surface area contributed by atoms with Crippen LogP contribution in [0.5, 0.6) is 11.5 Å². The van der Waals surface area contributed by atoms with Crippen molar-refractivity contribution in [2.24, 2.45) is 0 Å². The van der Waals surface area contributed by atoms with Crippen molar-refractivity contribution in [3.05, 3.63) is 48.0 Å². The minimum atomic E-state index is -0.203. The van der Waals surface area contributed by atoms with Crippen LogP contribution in [0.25, 0.3) is 21.5 Å². The van der Waals surface area contributed by atoms with E-state index in [4.69, 9.17) is 0 Å². The summed E-state index contributed by atoms with van der Waals surface area (Å²) in [5, 5.41) is 22.9. The van der Waals surface area contributed by atoms with Crippen LogP contribution < -0.4 is 0 Å². The Morgan fingerprint density at radius 2 is 1.56 bits per heavy atom. The second-order valence-electron chi connectivity index (χ2n) is 4.20. The number of phenols is 2. The molecule has 0 amide bonds. The second kappa shape index (κ2) is 3.74. The van der Waals surface area contributed by atoms with Gasteiger partial charge in [0.1, 0.15) is 11.5 Å². The number of phenolic OH excluding ortho intramolecular Hbond substituents is 2. The number of hydrogen-bond acceptors (Lipinski definition) is 3. The Morgan fingerprint density at radius 3 is 2.22 bits per heavy atom. The lowest BCUT2D eigenvalue weighted by Crippen LogP contribution is -1.86. The number of benzene rings is 3. The van der Waals surface area contributed by atoms with Crippen molar-refractivity contribution in [2.45, 2.75) is 0 Å². The van der Waals surface area contributed by atoms with E-state index >= 15 is 0 Å². The molecule has 0 unspecified atom stereocenters. The molecule has 0 fully saturated rings. The fourth-order valence-electron chi connectivity index (χ4n) is 2.19. The van der Waals surface area contributed by atoms with E-state index in [1.165, 1.54) is 6.07 Å². The Kier molecular flexibility index (Phi) is 2.20. The van der Waals surface area contributed by atoms with E-state index in [0.717, 1.165) is 10.8 Å². The molecule has 0 atom stereocenters.